The number of sulfonamides is 1. The Morgan fingerprint density at radius 3 is 2.82 bits per heavy atom. The zero-order chi connectivity index (χ0) is 12.6. The Balaban J connectivity index is 2.36. The van der Waals surface area contributed by atoms with Gasteiger partial charge < -0.3 is 15.0 Å². The first-order chi connectivity index (χ1) is 7.94. The Kier molecular flexibility index (Phi) is 3.11. The van der Waals surface area contributed by atoms with Gasteiger partial charge in [-0.2, -0.15) is 4.31 Å². The molecule has 0 amide bonds. The van der Waals surface area contributed by atoms with Crippen LogP contribution in [0.25, 0.3) is 0 Å². The van der Waals surface area contributed by atoms with Crippen LogP contribution < -0.4 is 5.73 Å². The van der Waals surface area contributed by atoms with Crippen LogP contribution in [0.4, 0.5) is 5.82 Å². The molecule has 1 atom stereocenters. The summed E-state index contributed by atoms with van der Waals surface area (Å²) in [5.74, 6) is 0.0262. The summed E-state index contributed by atoms with van der Waals surface area (Å²) in [6.07, 6.45) is 2.09. The minimum Gasteiger partial charge on any atom is -0.381 e. The van der Waals surface area contributed by atoms with E-state index >= 15 is 0 Å². The van der Waals surface area contributed by atoms with Crippen LogP contribution in [0.1, 0.15) is 6.42 Å². The molecule has 1 fully saturated rings. The number of ether oxygens (including phenoxy) is 1. The molecule has 0 spiro atoms. The van der Waals surface area contributed by atoms with Crippen molar-refractivity contribution in [2.24, 2.45) is 7.05 Å². The number of aryl methyl sites for hydroxylation is 1. The molecule has 2 heterocycles. The molecule has 8 heteroatoms. The van der Waals surface area contributed by atoms with Crippen LogP contribution in [0.3, 0.4) is 0 Å². The smallest absolute Gasteiger partial charge is 0.262 e. The van der Waals surface area contributed by atoms with Gasteiger partial charge in [0.05, 0.1) is 19.0 Å². The van der Waals surface area contributed by atoms with Crippen LogP contribution in [0, 0.1) is 0 Å². The van der Waals surface area contributed by atoms with Crippen LogP contribution in [0.15, 0.2) is 11.4 Å². The largest absolute Gasteiger partial charge is 0.381 e. The molecule has 1 aromatic heterocycles. The number of aromatic nitrogens is 2. The lowest BCUT2D eigenvalue weighted by Gasteiger charge is -2.22. The third kappa shape index (κ3) is 2.03. The van der Waals surface area contributed by atoms with Crippen molar-refractivity contribution in [3.05, 3.63) is 6.33 Å². The maximum Gasteiger partial charge on any atom is 0.262 e. The fourth-order valence-electron chi connectivity index (χ4n) is 1.89. The summed E-state index contributed by atoms with van der Waals surface area (Å²) in [5, 5.41) is 0.0342. The molecule has 0 radical (unpaired) electrons. The number of imidazole rings is 1. The summed E-state index contributed by atoms with van der Waals surface area (Å²) >= 11 is 0. The summed E-state index contributed by atoms with van der Waals surface area (Å²) in [6.45, 7) is 1.01. The van der Waals surface area contributed by atoms with E-state index in [1.807, 2.05) is 0 Å². The second-order valence-electron chi connectivity index (χ2n) is 4.08. The molecule has 2 N–H and O–H groups in total. The van der Waals surface area contributed by atoms with E-state index in [0.717, 1.165) is 0 Å². The minimum absolute atomic E-state index is 0.0262. The summed E-state index contributed by atoms with van der Waals surface area (Å²) in [7, 11) is -0.462. The molecule has 0 saturated carbocycles. The number of nitrogen functional groups attached to an aromatic ring is 1. The SMILES string of the molecule is CN(C1CCOC1)S(=O)(=O)c1c(N)ncn1C. The van der Waals surface area contributed by atoms with Gasteiger partial charge in [-0.25, -0.2) is 13.4 Å². The fraction of sp³-hybridized carbons (Fsp3) is 0.667. The van der Waals surface area contributed by atoms with E-state index in [2.05, 4.69) is 4.98 Å². The van der Waals surface area contributed by atoms with Gasteiger partial charge in [-0.05, 0) is 6.42 Å². The maximum atomic E-state index is 12.4. The van der Waals surface area contributed by atoms with E-state index in [9.17, 15) is 8.42 Å². The molecule has 0 aromatic carbocycles. The fourth-order valence-corrected chi connectivity index (χ4v) is 3.45. The van der Waals surface area contributed by atoms with Gasteiger partial charge in [-0.1, -0.05) is 0 Å². The second-order valence-corrected chi connectivity index (χ2v) is 6.00. The molecule has 2 rings (SSSR count). The maximum absolute atomic E-state index is 12.4. The lowest BCUT2D eigenvalue weighted by Crippen LogP contribution is -2.38. The molecular formula is C9H16N4O3S. The van der Waals surface area contributed by atoms with E-state index in [1.165, 1.54) is 15.2 Å². The molecule has 7 nitrogen and oxygen atoms in total. The van der Waals surface area contributed by atoms with Gasteiger partial charge in [0.1, 0.15) is 0 Å². The van der Waals surface area contributed by atoms with Crippen molar-refractivity contribution in [1.29, 1.82) is 0 Å². The van der Waals surface area contributed by atoms with Crippen LogP contribution in [-0.2, 0) is 21.8 Å². The van der Waals surface area contributed by atoms with E-state index in [0.29, 0.717) is 19.6 Å². The van der Waals surface area contributed by atoms with Crippen LogP contribution in [-0.4, -0.2) is 48.6 Å². The first-order valence-corrected chi connectivity index (χ1v) is 6.71. The normalized spacial score (nSPS) is 21.2. The minimum atomic E-state index is -3.61. The van der Waals surface area contributed by atoms with E-state index in [1.54, 1.807) is 14.1 Å². The van der Waals surface area contributed by atoms with Gasteiger partial charge in [-0.15, -0.1) is 0 Å². The molecule has 0 bridgehead atoms. The van der Waals surface area contributed by atoms with Crippen molar-refractivity contribution < 1.29 is 13.2 Å². The zero-order valence-electron chi connectivity index (χ0n) is 9.83. The van der Waals surface area contributed by atoms with Gasteiger partial charge in [0, 0.05) is 20.7 Å². The summed E-state index contributed by atoms with van der Waals surface area (Å²) in [6, 6.07) is -0.130. The lowest BCUT2D eigenvalue weighted by atomic mass is 10.3. The van der Waals surface area contributed by atoms with Gasteiger partial charge in [0.2, 0.25) is 0 Å². The first kappa shape index (κ1) is 12.3. The quantitative estimate of drug-likeness (QED) is 0.784. The Morgan fingerprint density at radius 1 is 1.65 bits per heavy atom. The highest BCUT2D eigenvalue weighted by Crippen LogP contribution is 2.23. The monoisotopic (exact) mass is 260 g/mol. The molecule has 17 heavy (non-hydrogen) atoms. The van der Waals surface area contributed by atoms with Crippen molar-refractivity contribution in [2.45, 2.75) is 17.5 Å². The topological polar surface area (TPSA) is 90.4 Å². The molecule has 1 saturated heterocycles. The molecule has 1 unspecified atom stereocenters. The molecule has 96 valence electrons. The van der Waals surface area contributed by atoms with Gasteiger partial charge >= 0.3 is 0 Å². The highest BCUT2D eigenvalue weighted by Gasteiger charge is 2.34. The van der Waals surface area contributed by atoms with E-state index in [-0.39, 0.29) is 16.9 Å². The Labute approximate surface area is 100 Å². The first-order valence-electron chi connectivity index (χ1n) is 5.27. The predicted molar refractivity (Wildman–Crippen MR) is 61.8 cm³/mol. The van der Waals surface area contributed by atoms with Gasteiger partial charge in [-0.3, -0.25) is 0 Å². The highest BCUT2D eigenvalue weighted by molar-refractivity contribution is 7.89. The molecule has 0 aliphatic carbocycles. The van der Waals surface area contributed by atoms with Crippen molar-refractivity contribution >= 4 is 15.8 Å². The molecule has 1 aliphatic rings. The van der Waals surface area contributed by atoms with Crippen LogP contribution in [0.5, 0.6) is 0 Å². The zero-order valence-corrected chi connectivity index (χ0v) is 10.6. The van der Waals surface area contributed by atoms with Crippen molar-refractivity contribution in [3.8, 4) is 0 Å². The summed E-state index contributed by atoms with van der Waals surface area (Å²) < 4.78 is 32.6. The third-order valence-electron chi connectivity index (χ3n) is 2.95. The molecule has 1 aromatic rings. The van der Waals surface area contributed by atoms with Gasteiger partial charge in [0.25, 0.3) is 10.0 Å². The summed E-state index contributed by atoms with van der Waals surface area (Å²) in [4.78, 5) is 3.80. The van der Waals surface area contributed by atoms with Crippen LogP contribution in [0.2, 0.25) is 0 Å². The number of likely N-dealkylation sites (N-methyl/N-ethyl adjacent to an activating group) is 1. The molecular weight excluding hydrogens is 244 g/mol. The number of rotatable bonds is 3. The van der Waals surface area contributed by atoms with Crippen LogP contribution >= 0.6 is 0 Å². The Morgan fingerprint density at radius 2 is 2.35 bits per heavy atom. The molecule has 1 aliphatic heterocycles. The average Bonchev–Trinajstić information content (AvgIpc) is 2.87. The van der Waals surface area contributed by atoms with Crippen molar-refractivity contribution in [2.75, 3.05) is 26.0 Å². The number of nitrogens with two attached hydrogens (primary N) is 1. The Bertz CT molecular complexity index is 485. The number of anilines is 1. The standard InChI is InChI=1S/C9H16N4O3S/c1-12-6-11-8(10)9(12)17(14,15)13(2)7-3-4-16-5-7/h6-7H,3-5,10H2,1-2H3. The number of hydrogen-bond acceptors (Lipinski definition) is 5. The third-order valence-corrected chi connectivity index (χ3v) is 5.00. The number of hydrogen-bond donors (Lipinski definition) is 1. The average molecular weight is 260 g/mol. The lowest BCUT2D eigenvalue weighted by molar-refractivity contribution is 0.180. The second kappa shape index (κ2) is 4.28. The Hall–Kier alpha value is -1.12. The van der Waals surface area contributed by atoms with E-state index in [4.69, 9.17) is 10.5 Å². The summed E-state index contributed by atoms with van der Waals surface area (Å²) in [5.41, 5.74) is 5.59. The number of nitrogens with zero attached hydrogens (tertiary/aromatic N) is 3. The van der Waals surface area contributed by atoms with Crippen molar-refractivity contribution in [3.63, 3.8) is 0 Å². The van der Waals surface area contributed by atoms with Crippen molar-refractivity contribution in [1.82, 2.24) is 13.9 Å². The van der Waals surface area contributed by atoms with Gasteiger partial charge in [0.15, 0.2) is 10.8 Å². The van der Waals surface area contributed by atoms with E-state index < -0.39 is 10.0 Å². The predicted octanol–water partition coefficient (Wildman–Crippen LogP) is -0.588. The highest BCUT2D eigenvalue weighted by atomic mass is 32.2.